The number of aliphatic hydroxyl groups is 1. The number of rotatable bonds is 8. The average molecular weight is 287 g/mol. The molecule has 0 saturated heterocycles. The maximum absolute atomic E-state index is 11.7. The summed E-state index contributed by atoms with van der Waals surface area (Å²) in [6.07, 6.45) is 0. The lowest BCUT2D eigenvalue weighted by atomic mass is 10.3. The van der Waals surface area contributed by atoms with Crippen molar-refractivity contribution in [3.63, 3.8) is 0 Å². The van der Waals surface area contributed by atoms with Crippen LogP contribution in [0.3, 0.4) is 0 Å². The molecule has 0 heterocycles. The SMILES string of the molecule is CCS(=O)(=O)c1ccc(N(CCO)CCOC)cc1. The fourth-order valence-electron chi connectivity index (χ4n) is 1.72. The Morgan fingerprint density at radius 2 is 1.84 bits per heavy atom. The first kappa shape index (κ1) is 15.9. The number of nitrogens with zero attached hydrogens (tertiary/aromatic N) is 1. The number of sulfone groups is 1. The topological polar surface area (TPSA) is 66.8 Å². The van der Waals surface area contributed by atoms with Crippen LogP contribution in [0.25, 0.3) is 0 Å². The summed E-state index contributed by atoms with van der Waals surface area (Å²) in [5.41, 5.74) is 0.876. The third-order valence-electron chi connectivity index (χ3n) is 2.88. The average Bonchev–Trinajstić information content (AvgIpc) is 2.43. The minimum Gasteiger partial charge on any atom is -0.395 e. The van der Waals surface area contributed by atoms with E-state index < -0.39 is 9.84 Å². The molecule has 0 spiro atoms. The Kier molecular flexibility index (Phi) is 6.27. The summed E-state index contributed by atoms with van der Waals surface area (Å²) in [7, 11) is -1.54. The number of anilines is 1. The van der Waals surface area contributed by atoms with Gasteiger partial charge in [-0.1, -0.05) is 6.92 Å². The van der Waals surface area contributed by atoms with Gasteiger partial charge in [-0.2, -0.15) is 0 Å². The number of hydrogen-bond donors (Lipinski definition) is 1. The molecule has 0 aliphatic carbocycles. The molecule has 0 aromatic heterocycles. The van der Waals surface area contributed by atoms with Crippen molar-refractivity contribution in [1.29, 1.82) is 0 Å². The summed E-state index contributed by atoms with van der Waals surface area (Å²) < 4.78 is 28.4. The van der Waals surface area contributed by atoms with Crippen LogP contribution in [0.15, 0.2) is 29.2 Å². The van der Waals surface area contributed by atoms with Gasteiger partial charge in [0.25, 0.3) is 0 Å². The van der Waals surface area contributed by atoms with Crippen LogP contribution < -0.4 is 4.90 Å². The zero-order chi connectivity index (χ0) is 14.3. The molecule has 0 aliphatic heterocycles. The lowest BCUT2D eigenvalue weighted by molar-refractivity contribution is 0.203. The second-order valence-corrected chi connectivity index (χ2v) is 6.38. The van der Waals surface area contributed by atoms with Crippen molar-refractivity contribution in [3.05, 3.63) is 24.3 Å². The van der Waals surface area contributed by atoms with E-state index in [1.807, 2.05) is 4.90 Å². The molecule has 0 saturated carbocycles. The molecule has 0 fully saturated rings. The highest BCUT2D eigenvalue weighted by atomic mass is 32.2. The molecule has 0 amide bonds. The van der Waals surface area contributed by atoms with Gasteiger partial charge >= 0.3 is 0 Å². The van der Waals surface area contributed by atoms with Crippen LogP contribution in [0.5, 0.6) is 0 Å². The van der Waals surface area contributed by atoms with Crippen molar-refractivity contribution in [2.45, 2.75) is 11.8 Å². The number of methoxy groups -OCH3 is 1. The molecular weight excluding hydrogens is 266 g/mol. The lowest BCUT2D eigenvalue weighted by Gasteiger charge is -2.23. The molecule has 6 heteroatoms. The molecule has 19 heavy (non-hydrogen) atoms. The molecule has 108 valence electrons. The van der Waals surface area contributed by atoms with Gasteiger partial charge in [-0.3, -0.25) is 0 Å². The van der Waals surface area contributed by atoms with Gasteiger partial charge in [-0.25, -0.2) is 8.42 Å². The molecular formula is C13H21NO4S. The minimum absolute atomic E-state index is 0.0404. The summed E-state index contributed by atoms with van der Waals surface area (Å²) in [5.74, 6) is 0.0936. The largest absolute Gasteiger partial charge is 0.395 e. The van der Waals surface area contributed by atoms with E-state index in [0.717, 1.165) is 5.69 Å². The fourth-order valence-corrected chi connectivity index (χ4v) is 2.61. The monoisotopic (exact) mass is 287 g/mol. The third kappa shape index (κ3) is 4.49. The van der Waals surface area contributed by atoms with Gasteiger partial charge in [0.2, 0.25) is 0 Å². The summed E-state index contributed by atoms with van der Waals surface area (Å²) in [6, 6.07) is 6.72. The molecule has 0 radical (unpaired) electrons. The molecule has 1 rings (SSSR count). The van der Waals surface area contributed by atoms with E-state index >= 15 is 0 Å². The Balaban J connectivity index is 2.88. The first-order valence-corrected chi connectivity index (χ1v) is 7.88. The van der Waals surface area contributed by atoms with Gasteiger partial charge in [-0.15, -0.1) is 0 Å². The van der Waals surface area contributed by atoms with E-state index in [0.29, 0.717) is 24.6 Å². The van der Waals surface area contributed by atoms with Crippen molar-refractivity contribution < 1.29 is 18.3 Å². The maximum atomic E-state index is 11.7. The summed E-state index contributed by atoms with van der Waals surface area (Å²) in [4.78, 5) is 2.28. The highest BCUT2D eigenvalue weighted by Gasteiger charge is 2.12. The van der Waals surface area contributed by atoms with Crippen LogP contribution >= 0.6 is 0 Å². The van der Waals surface area contributed by atoms with E-state index in [4.69, 9.17) is 9.84 Å². The number of ether oxygens (including phenoxy) is 1. The number of aliphatic hydroxyl groups excluding tert-OH is 1. The number of benzene rings is 1. The van der Waals surface area contributed by atoms with Crippen LogP contribution in [0.2, 0.25) is 0 Å². The van der Waals surface area contributed by atoms with Crippen molar-refractivity contribution in [2.24, 2.45) is 0 Å². The summed E-state index contributed by atoms with van der Waals surface area (Å²) >= 11 is 0. The van der Waals surface area contributed by atoms with E-state index in [1.165, 1.54) is 0 Å². The molecule has 5 nitrogen and oxygen atoms in total. The summed E-state index contributed by atoms with van der Waals surface area (Å²) in [6.45, 7) is 3.35. The quantitative estimate of drug-likeness (QED) is 0.770. The van der Waals surface area contributed by atoms with Gasteiger partial charge in [0.05, 0.1) is 23.9 Å². The second kappa shape index (κ2) is 7.47. The van der Waals surface area contributed by atoms with E-state index in [1.54, 1.807) is 38.3 Å². The number of hydrogen-bond acceptors (Lipinski definition) is 5. The van der Waals surface area contributed by atoms with Crippen molar-refractivity contribution >= 4 is 15.5 Å². The predicted molar refractivity (Wildman–Crippen MR) is 75.3 cm³/mol. The molecule has 1 aromatic rings. The normalized spacial score (nSPS) is 11.5. The Bertz CT molecular complexity index is 470. The molecule has 0 aliphatic rings. The molecule has 1 N–H and O–H groups in total. The minimum atomic E-state index is -3.16. The van der Waals surface area contributed by atoms with Crippen LogP contribution in [0.1, 0.15) is 6.92 Å². The molecule has 1 aromatic carbocycles. The van der Waals surface area contributed by atoms with Crippen LogP contribution in [0, 0.1) is 0 Å². The summed E-state index contributed by atoms with van der Waals surface area (Å²) in [5, 5.41) is 9.04. The van der Waals surface area contributed by atoms with Crippen LogP contribution in [-0.4, -0.2) is 52.7 Å². The second-order valence-electron chi connectivity index (χ2n) is 4.10. The van der Waals surface area contributed by atoms with Crippen molar-refractivity contribution in [3.8, 4) is 0 Å². The van der Waals surface area contributed by atoms with Gasteiger partial charge in [0.15, 0.2) is 9.84 Å². The lowest BCUT2D eigenvalue weighted by Crippen LogP contribution is -2.30. The van der Waals surface area contributed by atoms with Crippen LogP contribution in [-0.2, 0) is 14.6 Å². The van der Waals surface area contributed by atoms with Gasteiger partial charge in [-0.05, 0) is 24.3 Å². The Hall–Kier alpha value is -1.11. The standard InChI is InChI=1S/C13H21NO4S/c1-3-19(16,17)13-6-4-12(5-7-13)14(8-10-15)9-11-18-2/h4-7,15H,3,8-11H2,1-2H3. The van der Waals surface area contributed by atoms with E-state index in [-0.39, 0.29) is 12.4 Å². The first-order chi connectivity index (χ1) is 9.05. The zero-order valence-electron chi connectivity index (χ0n) is 11.4. The Morgan fingerprint density at radius 1 is 1.21 bits per heavy atom. The maximum Gasteiger partial charge on any atom is 0.178 e. The van der Waals surface area contributed by atoms with Gasteiger partial charge in [0.1, 0.15) is 0 Å². The molecule has 0 atom stereocenters. The Labute approximate surface area is 114 Å². The predicted octanol–water partition coefficient (Wildman–Crippen LogP) is 0.925. The molecule has 0 bridgehead atoms. The highest BCUT2D eigenvalue weighted by Crippen LogP contribution is 2.18. The van der Waals surface area contributed by atoms with Crippen LogP contribution in [0.4, 0.5) is 5.69 Å². The van der Waals surface area contributed by atoms with Crippen molar-refractivity contribution in [2.75, 3.05) is 44.1 Å². The Morgan fingerprint density at radius 3 is 2.32 bits per heavy atom. The fraction of sp³-hybridized carbons (Fsp3) is 0.538. The van der Waals surface area contributed by atoms with E-state index in [9.17, 15) is 8.42 Å². The van der Waals surface area contributed by atoms with Gasteiger partial charge in [0, 0.05) is 25.9 Å². The highest BCUT2D eigenvalue weighted by molar-refractivity contribution is 7.91. The van der Waals surface area contributed by atoms with Gasteiger partial charge < -0.3 is 14.7 Å². The smallest absolute Gasteiger partial charge is 0.178 e. The third-order valence-corrected chi connectivity index (χ3v) is 4.63. The van der Waals surface area contributed by atoms with E-state index in [2.05, 4.69) is 0 Å². The van der Waals surface area contributed by atoms with Crippen molar-refractivity contribution in [1.82, 2.24) is 0 Å². The molecule has 0 unspecified atom stereocenters. The zero-order valence-corrected chi connectivity index (χ0v) is 12.2. The first-order valence-electron chi connectivity index (χ1n) is 6.22.